The summed E-state index contributed by atoms with van der Waals surface area (Å²) in [5, 5.41) is 11.7. The van der Waals surface area contributed by atoms with Crippen LogP contribution in [0.4, 0.5) is 4.79 Å². The molecule has 1 amide bonds. The van der Waals surface area contributed by atoms with Crippen molar-refractivity contribution in [2.24, 2.45) is 5.92 Å². The first-order chi connectivity index (χ1) is 8.28. The first kappa shape index (κ1) is 12.9. The van der Waals surface area contributed by atoms with Gasteiger partial charge in [-0.3, -0.25) is 4.79 Å². The van der Waals surface area contributed by atoms with Crippen LogP contribution >= 0.6 is 0 Å². The van der Waals surface area contributed by atoms with Crippen LogP contribution in [0.25, 0.3) is 0 Å². The highest BCUT2D eigenvalue weighted by Crippen LogP contribution is 2.34. The van der Waals surface area contributed by atoms with Gasteiger partial charge < -0.3 is 19.9 Å². The Hall–Kier alpha value is -1.56. The number of hydrogen-bond acceptors (Lipinski definition) is 4. The average Bonchev–Trinajstić information content (AvgIpc) is 2.73. The quantitative estimate of drug-likeness (QED) is 0.717. The standard InChI is InChI=1S/C12H17NO5/c1-12(2,3)18-11(16)13-9-7-5-4-6(17-7)8(9)10(14)15/h4-9H,1-3H3,(H,13,16)(H,14,15)/t6-,7+,8+,9-/m1/s1. The molecule has 0 aromatic heterocycles. The minimum absolute atomic E-state index is 0.386. The summed E-state index contributed by atoms with van der Waals surface area (Å²) in [5.74, 6) is -1.74. The van der Waals surface area contributed by atoms with E-state index in [1.54, 1.807) is 32.9 Å². The third-order valence-electron chi connectivity index (χ3n) is 2.87. The van der Waals surface area contributed by atoms with Gasteiger partial charge >= 0.3 is 12.1 Å². The number of ether oxygens (including phenoxy) is 2. The molecule has 2 aliphatic heterocycles. The van der Waals surface area contributed by atoms with Crippen molar-refractivity contribution in [3.05, 3.63) is 12.2 Å². The van der Waals surface area contributed by atoms with Crippen molar-refractivity contribution in [2.45, 2.75) is 44.6 Å². The number of amides is 1. The van der Waals surface area contributed by atoms with E-state index >= 15 is 0 Å². The molecule has 4 atom stereocenters. The summed E-state index contributed by atoms with van der Waals surface area (Å²) in [7, 11) is 0. The zero-order valence-electron chi connectivity index (χ0n) is 10.5. The van der Waals surface area contributed by atoms with Gasteiger partial charge in [0.1, 0.15) is 11.5 Å². The van der Waals surface area contributed by atoms with E-state index in [2.05, 4.69) is 5.32 Å². The Morgan fingerprint density at radius 2 is 1.89 bits per heavy atom. The van der Waals surface area contributed by atoms with Crippen LogP contribution in [0.2, 0.25) is 0 Å². The van der Waals surface area contributed by atoms with Gasteiger partial charge in [0.15, 0.2) is 0 Å². The first-order valence-electron chi connectivity index (χ1n) is 5.84. The number of carbonyl (C=O) groups is 2. The predicted octanol–water partition coefficient (Wildman–Crippen LogP) is 0.918. The van der Waals surface area contributed by atoms with Crippen LogP contribution in [0.15, 0.2) is 12.2 Å². The van der Waals surface area contributed by atoms with Gasteiger partial charge in [-0.25, -0.2) is 4.79 Å². The smallest absolute Gasteiger partial charge is 0.407 e. The molecule has 6 heteroatoms. The van der Waals surface area contributed by atoms with Crippen LogP contribution in [0.5, 0.6) is 0 Å². The van der Waals surface area contributed by atoms with E-state index < -0.39 is 35.7 Å². The Bertz CT molecular complexity index is 398. The lowest BCUT2D eigenvalue weighted by Crippen LogP contribution is -2.49. The second-order valence-corrected chi connectivity index (χ2v) is 5.49. The molecule has 0 aromatic carbocycles. The van der Waals surface area contributed by atoms with Crippen molar-refractivity contribution >= 4 is 12.1 Å². The summed E-state index contributed by atoms with van der Waals surface area (Å²) in [6.45, 7) is 5.25. The van der Waals surface area contributed by atoms with E-state index in [9.17, 15) is 9.59 Å². The minimum Gasteiger partial charge on any atom is -0.481 e. The highest BCUT2D eigenvalue weighted by molar-refractivity contribution is 5.76. The third-order valence-corrected chi connectivity index (χ3v) is 2.87. The van der Waals surface area contributed by atoms with Crippen LogP contribution in [-0.2, 0) is 14.3 Å². The lowest BCUT2D eigenvalue weighted by Gasteiger charge is -2.25. The van der Waals surface area contributed by atoms with Gasteiger partial charge in [-0.2, -0.15) is 0 Å². The molecule has 6 nitrogen and oxygen atoms in total. The van der Waals surface area contributed by atoms with Gasteiger partial charge in [-0.15, -0.1) is 0 Å². The van der Waals surface area contributed by atoms with Crippen LogP contribution in [0, 0.1) is 5.92 Å². The number of rotatable bonds is 2. The predicted molar refractivity (Wildman–Crippen MR) is 62.1 cm³/mol. The summed E-state index contributed by atoms with van der Waals surface area (Å²) in [4.78, 5) is 22.8. The van der Waals surface area contributed by atoms with Crippen molar-refractivity contribution in [3.8, 4) is 0 Å². The van der Waals surface area contributed by atoms with Gasteiger partial charge in [0, 0.05) is 0 Å². The molecule has 2 rings (SSSR count). The van der Waals surface area contributed by atoms with Gasteiger partial charge in [-0.1, -0.05) is 12.2 Å². The summed E-state index contributed by atoms with van der Waals surface area (Å²) in [6, 6.07) is -0.577. The number of carboxylic acid groups (broad SMARTS) is 1. The molecule has 0 spiro atoms. The highest BCUT2D eigenvalue weighted by atomic mass is 16.6. The Labute approximate surface area is 105 Å². The van der Waals surface area contributed by atoms with E-state index in [4.69, 9.17) is 14.6 Å². The first-order valence-corrected chi connectivity index (χ1v) is 5.84. The molecule has 1 saturated heterocycles. The van der Waals surface area contributed by atoms with Crippen LogP contribution in [-0.4, -0.2) is 41.0 Å². The van der Waals surface area contributed by atoms with Crippen molar-refractivity contribution in [2.75, 3.05) is 0 Å². The van der Waals surface area contributed by atoms with Crippen molar-refractivity contribution in [1.29, 1.82) is 0 Å². The molecule has 2 bridgehead atoms. The molecule has 2 aliphatic rings. The molecule has 0 radical (unpaired) electrons. The summed E-state index contributed by atoms with van der Waals surface area (Å²) >= 11 is 0. The van der Waals surface area contributed by atoms with E-state index in [0.717, 1.165) is 0 Å². The minimum atomic E-state index is -0.979. The zero-order chi connectivity index (χ0) is 13.5. The van der Waals surface area contributed by atoms with Gasteiger partial charge in [0.05, 0.1) is 18.2 Å². The number of nitrogens with one attached hydrogen (secondary N) is 1. The van der Waals surface area contributed by atoms with Crippen LogP contribution < -0.4 is 5.32 Å². The maximum Gasteiger partial charge on any atom is 0.407 e. The number of fused-ring (bicyclic) bond motifs is 2. The summed E-state index contributed by atoms with van der Waals surface area (Å²) in [6.07, 6.45) is 2.02. The fourth-order valence-corrected chi connectivity index (χ4v) is 2.22. The van der Waals surface area contributed by atoms with E-state index in [-0.39, 0.29) is 6.10 Å². The van der Waals surface area contributed by atoms with Crippen molar-refractivity contribution in [1.82, 2.24) is 5.32 Å². The number of carbonyl (C=O) groups excluding carboxylic acids is 1. The van der Waals surface area contributed by atoms with Gasteiger partial charge in [0.25, 0.3) is 0 Å². The fourth-order valence-electron chi connectivity index (χ4n) is 2.22. The van der Waals surface area contributed by atoms with Crippen molar-refractivity contribution < 1.29 is 24.2 Å². The van der Waals surface area contributed by atoms with Gasteiger partial charge in [-0.05, 0) is 20.8 Å². The largest absolute Gasteiger partial charge is 0.481 e. The molecule has 0 saturated carbocycles. The number of aliphatic carboxylic acids is 1. The fraction of sp³-hybridized carbons (Fsp3) is 0.667. The Balaban J connectivity index is 2.02. The van der Waals surface area contributed by atoms with Crippen LogP contribution in [0.1, 0.15) is 20.8 Å². The molecule has 0 aliphatic carbocycles. The zero-order valence-corrected chi connectivity index (χ0v) is 10.5. The van der Waals surface area contributed by atoms with E-state index in [1.807, 2.05) is 0 Å². The summed E-state index contributed by atoms with van der Waals surface area (Å²) < 4.78 is 10.5. The molecule has 2 N–H and O–H groups in total. The molecule has 2 heterocycles. The van der Waals surface area contributed by atoms with Crippen molar-refractivity contribution in [3.63, 3.8) is 0 Å². The second-order valence-electron chi connectivity index (χ2n) is 5.49. The molecule has 100 valence electrons. The molecular formula is C12H17NO5. The normalized spacial score (nSPS) is 33.5. The number of carboxylic acids is 1. The molecule has 1 fully saturated rings. The lowest BCUT2D eigenvalue weighted by atomic mass is 9.89. The Morgan fingerprint density at radius 1 is 1.28 bits per heavy atom. The van der Waals surface area contributed by atoms with Crippen LogP contribution in [0.3, 0.4) is 0 Å². The lowest BCUT2D eigenvalue weighted by molar-refractivity contribution is -0.143. The Morgan fingerprint density at radius 3 is 2.44 bits per heavy atom. The maximum atomic E-state index is 11.7. The highest BCUT2D eigenvalue weighted by Gasteiger charge is 2.50. The number of hydrogen-bond donors (Lipinski definition) is 2. The molecular weight excluding hydrogens is 238 g/mol. The van der Waals surface area contributed by atoms with E-state index in [1.165, 1.54) is 0 Å². The third kappa shape index (κ3) is 2.48. The summed E-state index contributed by atoms with van der Waals surface area (Å²) in [5.41, 5.74) is -0.614. The Kier molecular flexibility index (Phi) is 3.06. The molecule has 0 aromatic rings. The maximum absolute atomic E-state index is 11.7. The topological polar surface area (TPSA) is 84.9 Å². The second kappa shape index (κ2) is 4.28. The molecule has 18 heavy (non-hydrogen) atoms. The number of alkyl carbamates (subject to hydrolysis) is 1. The average molecular weight is 255 g/mol. The molecule has 0 unspecified atom stereocenters. The monoisotopic (exact) mass is 255 g/mol. The van der Waals surface area contributed by atoms with Gasteiger partial charge in [0.2, 0.25) is 0 Å². The van der Waals surface area contributed by atoms with E-state index in [0.29, 0.717) is 0 Å². The SMILES string of the molecule is CC(C)(C)OC(=O)N[C@H]1[C@@H](C(=O)O)[C@H]2C=C[C@@H]1O2.